The Kier molecular flexibility index (Phi) is 3.50. The summed E-state index contributed by atoms with van der Waals surface area (Å²) in [5.74, 6) is -0.941. The molecule has 114 valence electrons. The molecule has 1 aromatic rings. The van der Waals surface area contributed by atoms with Crippen LogP contribution in [0.1, 0.15) is 24.5 Å². The van der Waals surface area contributed by atoms with Gasteiger partial charge in [0, 0.05) is 17.7 Å². The van der Waals surface area contributed by atoms with E-state index in [0.29, 0.717) is 24.1 Å². The second-order valence-electron chi connectivity index (χ2n) is 5.04. The lowest BCUT2D eigenvalue weighted by Crippen LogP contribution is -2.37. The van der Waals surface area contributed by atoms with Crippen LogP contribution >= 0.6 is 0 Å². The van der Waals surface area contributed by atoms with E-state index in [9.17, 15) is 19.2 Å². The van der Waals surface area contributed by atoms with E-state index in [1.807, 2.05) is 5.32 Å². The number of alkyl carbamates (subject to hydrolysis) is 1. The highest BCUT2D eigenvalue weighted by Crippen LogP contribution is 2.23. The molecule has 0 bridgehead atoms. The summed E-state index contributed by atoms with van der Waals surface area (Å²) in [4.78, 5) is 45.5. The molecule has 22 heavy (non-hydrogen) atoms. The van der Waals surface area contributed by atoms with Gasteiger partial charge in [-0.1, -0.05) is 12.1 Å². The number of anilines is 1. The molecule has 0 aromatic heterocycles. The maximum atomic E-state index is 11.9. The molecule has 2 atom stereocenters. The molecule has 1 aromatic carbocycles. The molecular weight excluding hydrogens is 290 g/mol. The topological polar surface area (TPSA) is 114 Å². The van der Waals surface area contributed by atoms with Gasteiger partial charge in [-0.3, -0.25) is 19.7 Å². The molecular formula is C14H13N3O5. The Morgan fingerprint density at radius 2 is 1.91 bits per heavy atom. The minimum Gasteiger partial charge on any atom is -0.431 e. The van der Waals surface area contributed by atoms with Crippen LogP contribution in [0.5, 0.6) is 0 Å². The average Bonchev–Trinajstić information content (AvgIpc) is 3.05. The molecule has 2 heterocycles. The summed E-state index contributed by atoms with van der Waals surface area (Å²) in [6.45, 7) is 0. The Morgan fingerprint density at radius 3 is 2.45 bits per heavy atom. The Bertz CT molecular complexity index is 655. The molecule has 8 nitrogen and oxygen atoms in total. The molecule has 2 fully saturated rings. The summed E-state index contributed by atoms with van der Waals surface area (Å²) >= 11 is 0. The summed E-state index contributed by atoms with van der Waals surface area (Å²) < 4.78 is 4.84. The van der Waals surface area contributed by atoms with E-state index in [2.05, 4.69) is 10.6 Å². The van der Waals surface area contributed by atoms with Crippen molar-refractivity contribution in [3.8, 4) is 0 Å². The summed E-state index contributed by atoms with van der Waals surface area (Å²) in [5, 5.41) is 7.30. The van der Waals surface area contributed by atoms with E-state index in [-0.39, 0.29) is 11.8 Å². The number of benzene rings is 1. The van der Waals surface area contributed by atoms with Crippen molar-refractivity contribution < 1.29 is 23.9 Å². The minimum absolute atomic E-state index is 0.135. The largest absolute Gasteiger partial charge is 0.431 e. The first-order valence-corrected chi connectivity index (χ1v) is 6.74. The van der Waals surface area contributed by atoms with Crippen molar-refractivity contribution in [2.24, 2.45) is 0 Å². The number of ether oxygens (including phenoxy) is 1. The SMILES string of the molecule is O=C1CCC(C(=O)Nc2ccc(C3OC(=O)NC3=O)cc2)N1. The van der Waals surface area contributed by atoms with Crippen molar-refractivity contribution in [3.63, 3.8) is 0 Å². The zero-order valence-electron chi connectivity index (χ0n) is 11.4. The molecule has 8 heteroatoms. The van der Waals surface area contributed by atoms with E-state index < -0.39 is 24.1 Å². The molecule has 2 saturated heterocycles. The number of carbonyl (C=O) groups is 4. The van der Waals surface area contributed by atoms with E-state index in [0.717, 1.165) is 0 Å². The van der Waals surface area contributed by atoms with Crippen LogP contribution in [0, 0.1) is 0 Å². The molecule has 3 rings (SSSR count). The fraction of sp³-hybridized carbons (Fsp3) is 0.286. The summed E-state index contributed by atoms with van der Waals surface area (Å²) in [5.41, 5.74) is 1.04. The van der Waals surface area contributed by atoms with E-state index in [1.165, 1.54) is 0 Å². The lowest BCUT2D eigenvalue weighted by Gasteiger charge is -2.12. The van der Waals surface area contributed by atoms with E-state index >= 15 is 0 Å². The third kappa shape index (κ3) is 2.76. The van der Waals surface area contributed by atoms with Gasteiger partial charge in [-0.25, -0.2) is 4.79 Å². The van der Waals surface area contributed by atoms with Crippen LogP contribution in [0.25, 0.3) is 0 Å². The third-order valence-electron chi connectivity index (χ3n) is 3.48. The lowest BCUT2D eigenvalue weighted by molar-refractivity contribution is -0.123. The molecule has 2 unspecified atom stereocenters. The maximum Gasteiger partial charge on any atom is 0.415 e. The quantitative estimate of drug-likeness (QED) is 0.738. The second-order valence-corrected chi connectivity index (χ2v) is 5.04. The predicted octanol–water partition coefficient (Wildman–Crippen LogP) is 0.211. The van der Waals surface area contributed by atoms with Gasteiger partial charge in [-0.2, -0.15) is 0 Å². The number of hydrogen-bond acceptors (Lipinski definition) is 5. The highest BCUT2D eigenvalue weighted by molar-refractivity contribution is 6.01. The van der Waals surface area contributed by atoms with Crippen molar-refractivity contribution in [2.45, 2.75) is 25.0 Å². The van der Waals surface area contributed by atoms with Gasteiger partial charge in [0.1, 0.15) is 6.04 Å². The van der Waals surface area contributed by atoms with Gasteiger partial charge in [-0.05, 0) is 18.6 Å². The van der Waals surface area contributed by atoms with Gasteiger partial charge in [0.15, 0.2) is 0 Å². The first-order chi connectivity index (χ1) is 10.5. The standard InChI is InChI=1S/C14H13N3O5/c18-10-6-5-9(16-10)12(19)15-8-3-1-7(2-4-8)11-13(20)17-14(21)22-11/h1-4,9,11H,5-6H2,(H,15,19)(H,16,18)(H,17,20,21). The molecule has 3 N–H and O–H groups in total. The Balaban J connectivity index is 1.64. The Labute approximate surface area is 125 Å². The Hall–Kier alpha value is -2.90. The predicted molar refractivity (Wildman–Crippen MR) is 73.6 cm³/mol. The molecule has 0 radical (unpaired) electrons. The van der Waals surface area contributed by atoms with Crippen LogP contribution in [0.4, 0.5) is 10.5 Å². The number of hydrogen-bond donors (Lipinski definition) is 3. The zero-order valence-corrected chi connectivity index (χ0v) is 11.4. The monoisotopic (exact) mass is 303 g/mol. The number of carbonyl (C=O) groups excluding carboxylic acids is 4. The number of cyclic esters (lactones) is 1. The number of nitrogens with one attached hydrogen (secondary N) is 3. The first-order valence-electron chi connectivity index (χ1n) is 6.74. The van der Waals surface area contributed by atoms with E-state index in [4.69, 9.17) is 4.74 Å². The smallest absolute Gasteiger partial charge is 0.415 e. The fourth-order valence-corrected chi connectivity index (χ4v) is 2.36. The van der Waals surface area contributed by atoms with Crippen molar-refractivity contribution >= 4 is 29.5 Å². The molecule has 2 aliphatic heterocycles. The normalized spacial score (nSPS) is 23.7. The lowest BCUT2D eigenvalue weighted by atomic mass is 10.1. The van der Waals surface area contributed by atoms with Gasteiger partial charge >= 0.3 is 6.09 Å². The van der Waals surface area contributed by atoms with Crippen LogP contribution in [-0.4, -0.2) is 29.9 Å². The van der Waals surface area contributed by atoms with Gasteiger partial charge in [0.25, 0.3) is 5.91 Å². The number of imide groups is 1. The van der Waals surface area contributed by atoms with Crippen LogP contribution < -0.4 is 16.0 Å². The molecule has 2 aliphatic rings. The average molecular weight is 303 g/mol. The van der Waals surface area contributed by atoms with Gasteiger partial charge in [0.2, 0.25) is 17.9 Å². The highest BCUT2D eigenvalue weighted by atomic mass is 16.6. The van der Waals surface area contributed by atoms with Crippen molar-refractivity contribution in [1.29, 1.82) is 0 Å². The van der Waals surface area contributed by atoms with Crippen LogP contribution in [0.15, 0.2) is 24.3 Å². The molecule has 4 amide bonds. The van der Waals surface area contributed by atoms with Gasteiger partial charge in [0.05, 0.1) is 0 Å². The Morgan fingerprint density at radius 1 is 1.18 bits per heavy atom. The third-order valence-corrected chi connectivity index (χ3v) is 3.48. The summed E-state index contributed by atoms with van der Waals surface area (Å²) in [6.07, 6.45) is -0.920. The maximum absolute atomic E-state index is 11.9. The summed E-state index contributed by atoms with van der Waals surface area (Å²) in [7, 11) is 0. The first kappa shape index (κ1) is 14.1. The fourth-order valence-electron chi connectivity index (χ4n) is 2.36. The van der Waals surface area contributed by atoms with Crippen LogP contribution in [-0.2, 0) is 19.1 Å². The van der Waals surface area contributed by atoms with Crippen LogP contribution in [0.3, 0.4) is 0 Å². The molecule has 0 aliphatic carbocycles. The van der Waals surface area contributed by atoms with Gasteiger partial charge in [-0.15, -0.1) is 0 Å². The van der Waals surface area contributed by atoms with E-state index in [1.54, 1.807) is 24.3 Å². The van der Waals surface area contributed by atoms with Crippen LogP contribution in [0.2, 0.25) is 0 Å². The minimum atomic E-state index is -0.966. The number of amides is 4. The van der Waals surface area contributed by atoms with Crippen molar-refractivity contribution in [3.05, 3.63) is 29.8 Å². The highest BCUT2D eigenvalue weighted by Gasteiger charge is 2.33. The zero-order chi connectivity index (χ0) is 15.7. The molecule has 0 saturated carbocycles. The number of rotatable bonds is 3. The van der Waals surface area contributed by atoms with Crippen molar-refractivity contribution in [1.82, 2.24) is 10.6 Å². The second kappa shape index (κ2) is 5.47. The van der Waals surface area contributed by atoms with Gasteiger partial charge < -0.3 is 15.4 Å². The van der Waals surface area contributed by atoms with Crippen molar-refractivity contribution in [2.75, 3.05) is 5.32 Å². The molecule has 0 spiro atoms. The summed E-state index contributed by atoms with van der Waals surface area (Å²) in [6, 6.07) is 5.86.